The third-order valence-electron chi connectivity index (χ3n) is 3.43. The Labute approximate surface area is 82.1 Å². The SMILES string of the molecule is O=C1CCCC2=C1C1CCC(=O)C1O2. The van der Waals surface area contributed by atoms with Crippen LogP contribution in [0, 0.1) is 5.92 Å². The van der Waals surface area contributed by atoms with Crippen LogP contribution in [0.2, 0.25) is 0 Å². The average Bonchev–Trinajstić information content (AvgIpc) is 2.68. The summed E-state index contributed by atoms with van der Waals surface area (Å²) < 4.78 is 5.58. The highest BCUT2D eigenvalue weighted by atomic mass is 16.5. The lowest BCUT2D eigenvalue weighted by atomic mass is 9.87. The highest BCUT2D eigenvalue weighted by molar-refractivity contribution is 6.00. The molecule has 2 aliphatic carbocycles. The van der Waals surface area contributed by atoms with Crippen LogP contribution in [0.25, 0.3) is 0 Å². The van der Waals surface area contributed by atoms with E-state index < -0.39 is 0 Å². The Bertz CT molecular complexity index is 354. The first kappa shape index (κ1) is 8.21. The van der Waals surface area contributed by atoms with Gasteiger partial charge in [0.1, 0.15) is 5.76 Å². The zero-order valence-corrected chi connectivity index (χ0v) is 7.91. The second-order valence-corrected chi connectivity index (χ2v) is 4.26. The average molecular weight is 192 g/mol. The van der Waals surface area contributed by atoms with Crippen LogP contribution >= 0.6 is 0 Å². The van der Waals surface area contributed by atoms with Gasteiger partial charge < -0.3 is 4.74 Å². The Morgan fingerprint density at radius 3 is 2.86 bits per heavy atom. The maximum absolute atomic E-state index is 11.7. The Balaban J connectivity index is 2.00. The zero-order valence-electron chi connectivity index (χ0n) is 7.91. The van der Waals surface area contributed by atoms with Gasteiger partial charge in [-0.2, -0.15) is 0 Å². The number of hydrogen-bond acceptors (Lipinski definition) is 3. The maximum atomic E-state index is 11.7. The van der Waals surface area contributed by atoms with Gasteiger partial charge >= 0.3 is 0 Å². The molecule has 3 aliphatic rings. The summed E-state index contributed by atoms with van der Waals surface area (Å²) >= 11 is 0. The molecule has 3 heteroatoms. The zero-order chi connectivity index (χ0) is 9.71. The fraction of sp³-hybridized carbons (Fsp3) is 0.636. The summed E-state index contributed by atoms with van der Waals surface area (Å²) in [6.45, 7) is 0. The van der Waals surface area contributed by atoms with Crippen molar-refractivity contribution in [3.05, 3.63) is 11.3 Å². The molecular weight excluding hydrogens is 180 g/mol. The molecule has 0 bridgehead atoms. The van der Waals surface area contributed by atoms with Gasteiger partial charge in [-0.3, -0.25) is 9.59 Å². The van der Waals surface area contributed by atoms with E-state index in [9.17, 15) is 9.59 Å². The quantitative estimate of drug-likeness (QED) is 0.582. The second-order valence-electron chi connectivity index (χ2n) is 4.26. The van der Waals surface area contributed by atoms with Crippen LogP contribution in [-0.2, 0) is 14.3 Å². The van der Waals surface area contributed by atoms with Gasteiger partial charge in [-0.1, -0.05) is 0 Å². The Kier molecular flexibility index (Phi) is 1.58. The van der Waals surface area contributed by atoms with Crippen LogP contribution in [0.15, 0.2) is 11.3 Å². The van der Waals surface area contributed by atoms with E-state index in [4.69, 9.17) is 4.74 Å². The number of ether oxygens (including phenoxy) is 1. The predicted molar refractivity (Wildman–Crippen MR) is 48.5 cm³/mol. The van der Waals surface area contributed by atoms with E-state index >= 15 is 0 Å². The number of ketones is 2. The molecule has 0 amide bonds. The van der Waals surface area contributed by atoms with E-state index in [2.05, 4.69) is 0 Å². The van der Waals surface area contributed by atoms with E-state index in [1.165, 1.54) is 0 Å². The standard InChI is InChI=1S/C11H12O3/c12-7-2-1-3-9-10(7)6-4-5-8(13)11(6)14-9/h6,11H,1-5H2. The normalized spacial score (nSPS) is 35.7. The topological polar surface area (TPSA) is 43.4 Å². The Morgan fingerprint density at radius 1 is 1.14 bits per heavy atom. The maximum Gasteiger partial charge on any atom is 0.173 e. The van der Waals surface area contributed by atoms with Crippen molar-refractivity contribution in [1.29, 1.82) is 0 Å². The smallest absolute Gasteiger partial charge is 0.173 e. The van der Waals surface area contributed by atoms with Crippen LogP contribution in [0.5, 0.6) is 0 Å². The Morgan fingerprint density at radius 2 is 2.00 bits per heavy atom. The molecule has 3 nitrogen and oxygen atoms in total. The molecule has 1 aliphatic heterocycles. The molecule has 2 atom stereocenters. The van der Waals surface area contributed by atoms with E-state index in [0.717, 1.165) is 30.6 Å². The van der Waals surface area contributed by atoms with E-state index in [1.54, 1.807) is 0 Å². The summed E-state index contributed by atoms with van der Waals surface area (Å²) in [5.41, 5.74) is 0.854. The fourth-order valence-electron chi connectivity index (χ4n) is 2.78. The summed E-state index contributed by atoms with van der Waals surface area (Å²) in [5.74, 6) is 1.32. The summed E-state index contributed by atoms with van der Waals surface area (Å²) in [7, 11) is 0. The molecule has 3 rings (SSSR count). The number of allylic oxidation sites excluding steroid dienone is 1. The first-order valence-electron chi connectivity index (χ1n) is 5.23. The third kappa shape index (κ3) is 0.925. The van der Waals surface area contributed by atoms with Gasteiger partial charge in [0.15, 0.2) is 17.7 Å². The van der Waals surface area contributed by atoms with Gasteiger partial charge in [-0.25, -0.2) is 0 Å². The molecule has 1 heterocycles. The lowest BCUT2D eigenvalue weighted by Gasteiger charge is -2.13. The van der Waals surface area contributed by atoms with Crippen LogP contribution in [0.3, 0.4) is 0 Å². The molecule has 14 heavy (non-hydrogen) atoms. The van der Waals surface area contributed by atoms with Crippen molar-refractivity contribution < 1.29 is 14.3 Å². The summed E-state index contributed by atoms with van der Waals surface area (Å²) in [4.78, 5) is 23.1. The molecule has 2 unspecified atom stereocenters. The molecule has 1 saturated carbocycles. The molecule has 0 spiro atoms. The van der Waals surface area contributed by atoms with Crippen molar-refractivity contribution >= 4 is 11.6 Å². The number of carbonyl (C=O) groups excluding carboxylic acids is 2. The van der Waals surface area contributed by atoms with Crippen molar-refractivity contribution in [3.63, 3.8) is 0 Å². The monoisotopic (exact) mass is 192 g/mol. The van der Waals surface area contributed by atoms with Gasteiger partial charge in [0, 0.05) is 30.8 Å². The first-order chi connectivity index (χ1) is 6.77. The van der Waals surface area contributed by atoms with E-state index in [0.29, 0.717) is 12.8 Å². The number of hydrogen-bond donors (Lipinski definition) is 0. The molecule has 0 radical (unpaired) electrons. The molecular formula is C11H12O3. The van der Waals surface area contributed by atoms with Gasteiger partial charge in [0.25, 0.3) is 0 Å². The van der Waals surface area contributed by atoms with Crippen molar-refractivity contribution in [2.45, 2.75) is 38.2 Å². The molecule has 74 valence electrons. The highest BCUT2D eigenvalue weighted by Crippen LogP contribution is 2.44. The molecule has 1 fully saturated rings. The minimum absolute atomic E-state index is 0.102. The number of rotatable bonds is 0. The highest BCUT2D eigenvalue weighted by Gasteiger charge is 2.48. The van der Waals surface area contributed by atoms with Gasteiger partial charge in [-0.05, 0) is 12.8 Å². The second kappa shape index (κ2) is 2.69. The van der Waals surface area contributed by atoms with Gasteiger partial charge in [0.2, 0.25) is 0 Å². The van der Waals surface area contributed by atoms with Crippen LogP contribution < -0.4 is 0 Å². The lowest BCUT2D eigenvalue weighted by molar-refractivity contribution is -0.125. The molecule has 0 aromatic carbocycles. The van der Waals surface area contributed by atoms with Gasteiger partial charge in [0.05, 0.1) is 0 Å². The van der Waals surface area contributed by atoms with E-state index in [-0.39, 0.29) is 23.6 Å². The number of Topliss-reactive ketones (excluding diaryl/α,β-unsaturated/α-hetero) is 2. The first-order valence-corrected chi connectivity index (χ1v) is 5.23. The van der Waals surface area contributed by atoms with Gasteiger partial charge in [-0.15, -0.1) is 0 Å². The van der Waals surface area contributed by atoms with Crippen LogP contribution in [0.4, 0.5) is 0 Å². The minimum atomic E-state index is -0.304. The molecule has 0 N–H and O–H groups in total. The molecule has 0 saturated heterocycles. The minimum Gasteiger partial charge on any atom is -0.486 e. The molecule has 0 aromatic rings. The predicted octanol–water partition coefficient (Wildman–Crippen LogP) is 1.37. The lowest BCUT2D eigenvalue weighted by Crippen LogP contribution is -2.21. The van der Waals surface area contributed by atoms with Crippen molar-refractivity contribution in [1.82, 2.24) is 0 Å². The number of fused-ring (bicyclic) bond motifs is 2. The van der Waals surface area contributed by atoms with Crippen LogP contribution in [0.1, 0.15) is 32.1 Å². The van der Waals surface area contributed by atoms with E-state index in [1.807, 2.05) is 0 Å². The van der Waals surface area contributed by atoms with Crippen molar-refractivity contribution in [3.8, 4) is 0 Å². The van der Waals surface area contributed by atoms with Crippen molar-refractivity contribution in [2.75, 3.05) is 0 Å². The largest absolute Gasteiger partial charge is 0.486 e. The Hall–Kier alpha value is -1.12. The summed E-state index contributed by atoms with van der Waals surface area (Å²) in [6.07, 6.45) is 3.46. The summed E-state index contributed by atoms with van der Waals surface area (Å²) in [6, 6.07) is 0. The molecule has 0 aromatic heterocycles. The third-order valence-corrected chi connectivity index (χ3v) is 3.43. The van der Waals surface area contributed by atoms with Crippen molar-refractivity contribution in [2.24, 2.45) is 5.92 Å². The fourth-order valence-corrected chi connectivity index (χ4v) is 2.78. The summed E-state index contributed by atoms with van der Waals surface area (Å²) in [5, 5.41) is 0. The van der Waals surface area contributed by atoms with Crippen LogP contribution in [-0.4, -0.2) is 17.7 Å². The number of carbonyl (C=O) groups is 2.